The third-order valence-corrected chi connectivity index (χ3v) is 2.65. The lowest BCUT2D eigenvalue weighted by molar-refractivity contribution is -0.136. The number of para-hydroxylation sites is 1. The number of hydrogen-bond acceptors (Lipinski definition) is 5. The standard InChI is InChI=1S/C11H9BrN2O4/c12-7-3-1-2-4-8(7)17-6-10-14-13-9(18-10)5-11(15)16/h1-4H,5-6H2,(H,15,16). The lowest BCUT2D eigenvalue weighted by Crippen LogP contribution is -1.99. The van der Waals surface area contributed by atoms with Gasteiger partial charge in [0.2, 0.25) is 5.89 Å². The average molecular weight is 313 g/mol. The van der Waals surface area contributed by atoms with Crippen LogP contribution < -0.4 is 4.74 Å². The third kappa shape index (κ3) is 3.30. The van der Waals surface area contributed by atoms with Crippen LogP contribution in [0.3, 0.4) is 0 Å². The molecule has 0 saturated carbocycles. The highest BCUT2D eigenvalue weighted by Gasteiger charge is 2.10. The van der Waals surface area contributed by atoms with E-state index in [1.807, 2.05) is 18.2 Å². The van der Waals surface area contributed by atoms with E-state index in [4.69, 9.17) is 14.3 Å². The van der Waals surface area contributed by atoms with Crippen LogP contribution in [0, 0.1) is 0 Å². The molecule has 0 atom stereocenters. The van der Waals surface area contributed by atoms with Gasteiger partial charge in [-0.05, 0) is 28.1 Å². The molecule has 0 saturated heterocycles. The number of carboxylic acids is 1. The average Bonchev–Trinajstić information content (AvgIpc) is 2.75. The molecule has 1 aromatic heterocycles. The summed E-state index contributed by atoms with van der Waals surface area (Å²) in [6.45, 7) is 0.0925. The monoisotopic (exact) mass is 312 g/mol. The maximum atomic E-state index is 10.4. The number of aromatic nitrogens is 2. The number of carbonyl (C=O) groups is 1. The van der Waals surface area contributed by atoms with Gasteiger partial charge in [0, 0.05) is 0 Å². The summed E-state index contributed by atoms with van der Waals surface area (Å²) in [6.07, 6.45) is -0.290. The molecule has 1 heterocycles. The molecule has 0 spiro atoms. The normalized spacial score (nSPS) is 10.3. The molecule has 18 heavy (non-hydrogen) atoms. The largest absolute Gasteiger partial charge is 0.483 e. The van der Waals surface area contributed by atoms with Crippen molar-refractivity contribution in [1.29, 1.82) is 0 Å². The first-order valence-electron chi connectivity index (χ1n) is 5.05. The van der Waals surface area contributed by atoms with E-state index < -0.39 is 5.97 Å². The maximum Gasteiger partial charge on any atom is 0.312 e. The number of nitrogens with zero attached hydrogens (tertiary/aromatic N) is 2. The highest BCUT2D eigenvalue weighted by Crippen LogP contribution is 2.24. The molecule has 0 aliphatic heterocycles. The Morgan fingerprint density at radius 1 is 1.33 bits per heavy atom. The number of aliphatic carboxylic acids is 1. The van der Waals surface area contributed by atoms with Crippen molar-refractivity contribution in [1.82, 2.24) is 10.2 Å². The number of rotatable bonds is 5. The van der Waals surface area contributed by atoms with Crippen LogP contribution in [0.4, 0.5) is 0 Å². The van der Waals surface area contributed by atoms with Gasteiger partial charge in [-0.3, -0.25) is 4.79 Å². The Balaban J connectivity index is 1.96. The molecule has 1 aromatic carbocycles. The fourth-order valence-electron chi connectivity index (χ4n) is 1.25. The molecule has 0 bridgehead atoms. The molecule has 6 nitrogen and oxygen atoms in total. The predicted molar refractivity (Wildman–Crippen MR) is 64.1 cm³/mol. The molecule has 0 aliphatic carbocycles. The summed E-state index contributed by atoms with van der Waals surface area (Å²) < 4.78 is 11.4. The minimum absolute atomic E-state index is 0.0632. The number of benzene rings is 1. The van der Waals surface area contributed by atoms with Crippen molar-refractivity contribution >= 4 is 21.9 Å². The van der Waals surface area contributed by atoms with Gasteiger partial charge in [-0.15, -0.1) is 10.2 Å². The van der Waals surface area contributed by atoms with E-state index in [1.165, 1.54) is 0 Å². The van der Waals surface area contributed by atoms with Gasteiger partial charge in [0.05, 0.1) is 4.47 Å². The Bertz CT molecular complexity index is 555. The maximum absolute atomic E-state index is 10.4. The van der Waals surface area contributed by atoms with Gasteiger partial charge in [-0.2, -0.15) is 0 Å². The molecule has 0 aliphatic rings. The third-order valence-electron chi connectivity index (χ3n) is 2.00. The number of ether oxygens (including phenoxy) is 1. The molecule has 0 fully saturated rings. The molecule has 0 amide bonds. The minimum Gasteiger partial charge on any atom is -0.483 e. The summed E-state index contributed by atoms with van der Waals surface area (Å²) >= 11 is 3.34. The first-order chi connectivity index (χ1) is 8.65. The lowest BCUT2D eigenvalue weighted by atomic mass is 10.3. The van der Waals surface area contributed by atoms with Gasteiger partial charge in [-0.25, -0.2) is 0 Å². The van der Waals surface area contributed by atoms with Crippen LogP contribution >= 0.6 is 15.9 Å². The second kappa shape index (κ2) is 5.63. The van der Waals surface area contributed by atoms with Gasteiger partial charge in [0.15, 0.2) is 6.61 Å². The van der Waals surface area contributed by atoms with Gasteiger partial charge >= 0.3 is 5.97 Å². The first-order valence-corrected chi connectivity index (χ1v) is 5.85. The molecule has 2 aromatic rings. The van der Waals surface area contributed by atoms with Crippen molar-refractivity contribution in [2.24, 2.45) is 0 Å². The molecule has 0 radical (unpaired) electrons. The van der Waals surface area contributed by atoms with Crippen molar-refractivity contribution in [2.45, 2.75) is 13.0 Å². The lowest BCUT2D eigenvalue weighted by Gasteiger charge is -2.04. The highest BCUT2D eigenvalue weighted by molar-refractivity contribution is 9.10. The summed E-state index contributed by atoms with van der Waals surface area (Å²) in [7, 11) is 0. The predicted octanol–water partition coefficient (Wildman–Crippen LogP) is 2.04. The number of hydrogen-bond donors (Lipinski definition) is 1. The second-order valence-electron chi connectivity index (χ2n) is 3.38. The summed E-state index contributed by atoms with van der Waals surface area (Å²) in [5, 5.41) is 15.9. The summed E-state index contributed by atoms with van der Waals surface area (Å²) in [4.78, 5) is 10.4. The Hall–Kier alpha value is -1.89. The van der Waals surface area contributed by atoms with Crippen molar-refractivity contribution in [3.63, 3.8) is 0 Å². The van der Waals surface area contributed by atoms with Crippen LogP contribution in [0.15, 0.2) is 33.2 Å². The van der Waals surface area contributed by atoms with Crippen molar-refractivity contribution in [2.75, 3.05) is 0 Å². The van der Waals surface area contributed by atoms with Crippen LogP contribution in [0.5, 0.6) is 5.75 Å². The van der Waals surface area contributed by atoms with Gasteiger partial charge in [-0.1, -0.05) is 12.1 Å². The van der Waals surface area contributed by atoms with E-state index >= 15 is 0 Å². The van der Waals surface area contributed by atoms with Gasteiger partial charge in [0.1, 0.15) is 12.2 Å². The topological polar surface area (TPSA) is 85.5 Å². The Labute approximate surface area is 111 Å². The Kier molecular flexibility index (Phi) is 3.93. The van der Waals surface area contributed by atoms with Crippen LogP contribution in [0.1, 0.15) is 11.8 Å². The van der Waals surface area contributed by atoms with Gasteiger partial charge in [0.25, 0.3) is 5.89 Å². The number of carboxylic acid groups (broad SMARTS) is 1. The summed E-state index contributed by atoms with van der Waals surface area (Å²) in [5.74, 6) is -0.0670. The Morgan fingerprint density at radius 2 is 2.06 bits per heavy atom. The van der Waals surface area contributed by atoms with E-state index in [1.54, 1.807) is 6.07 Å². The van der Waals surface area contributed by atoms with Crippen LogP contribution in [0.2, 0.25) is 0 Å². The van der Waals surface area contributed by atoms with Crippen molar-refractivity contribution < 1.29 is 19.1 Å². The van der Waals surface area contributed by atoms with Crippen molar-refractivity contribution in [3.8, 4) is 5.75 Å². The minimum atomic E-state index is -1.02. The van der Waals surface area contributed by atoms with E-state index in [-0.39, 0.29) is 24.8 Å². The van der Waals surface area contributed by atoms with Crippen molar-refractivity contribution in [3.05, 3.63) is 40.5 Å². The van der Waals surface area contributed by atoms with E-state index in [0.717, 1.165) is 4.47 Å². The number of halogens is 1. The quantitative estimate of drug-likeness (QED) is 0.909. The zero-order chi connectivity index (χ0) is 13.0. The smallest absolute Gasteiger partial charge is 0.312 e. The van der Waals surface area contributed by atoms with E-state index in [9.17, 15) is 4.79 Å². The fraction of sp³-hybridized carbons (Fsp3) is 0.182. The van der Waals surface area contributed by atoms with E-state index in [2.05, 4.69) is 26.1 Å². The molecule has 94 valence electrons. The first kappa shape index (κ1) is 12.6. The van der Waals surface area contributed by atoms with Crippen LogP contribution in [0.25, 0.3) is 0 Å². The summed E-state index contributed by atoms with van der Waals surface area (Å²) in [5.41, 5.74) is 0. The van der Waals surface area contributed by atoms with Crippen LogP contribution in [-0.4, -0.2) is 21.3 Å². The SMILES string of the molecule is O=C(O)Cc1nnc(COc2ccccc2Br)o1. The zero-order valence-corrected chi connectivity index (χ0v) is 10.8. The Morgan fingerprint density at radius 3 is 2.78 bits per heavy atom. The molecular formula is C11H9BrN2O4. The molecular weight excluding hydrogens is 304 g/mol. The summed E-state index contributed by atoms with van der Waals surface area (Å²) in [6, 6.07) is 7.34. The second-order valence-corrected chi connectivity index (χ2v) is 4.23. The van der Waals surface area contributed by atoms with Gasteiger partial charge < -0.3 is 14.3 Å². The molecule has 2 rings (SSSR count). The fourth-order valence-corrected chi connectivity index (χ4v) is 1.65. The van der Waals surface area contributed by atoms with E-state index in [0.29, 0.717) is 5.75 Å². The molecule has 7 heteroatoms. The molecule has 1 N–H and O–H groups in total. The highest BCUT2D eigenvalue weighted by atomic mass is 79.9. The zero-order valence-electron chi connectivity index (χ0n) is 9.17. The van der Waals surface area contributed by atoms with Crippen LogP contribution in [-0.2, 0) is 17.8 Å². The molecule has 0 unspecified atom stereocenters.